The second kappa shape index (κ2) is 4.35. The van der Waals surface area contributed by atoms with Crippen LogP contribution in [0.1, 0.15) is 18.4 Å². The Morgan fingerprint density at radius 2 is 2.00 bits per heavy atom. The Balaban J connectivity index is 2.08. The van der Waals surface area contributed by atoms with Crippen molar-refractivity contribution in [1.29, 1.82) is 0 Å². The number of hydrogen-bond acceptors (Lipinski definition) is 2. The van der Waals surface area contributed by atoms with E-state index in [9.17, 15) is 9.18 Å². The molecule has 2 heterocycles. The minimum absolute atomic E-state index is 0.0860. The Bertz CT molecular complexity index is 469. The topological polar surface area (TPSA) is 32.3 Å². The van der Waals surface area contributed by atoms with Crippen LogP contribution in [0.15, 0.2) is 24.3 Å². The normalized spacial score (nSPS) is 21.4. The first-order chi connectivity index (χ1) is 8.79. The van der Waals surface area contributed by atoms with Crippen molar-refractivity contribution in [1.82, 2.24) is 5.32 Å². The monoisotopic (exact) mass is 248 g/mol. The zero-order chi connectivity index (χ0) is 12.6. The highest BCUT2D eigenvalue weighted by atomic mass is 19.1. The van der Waals surface area contributed by atoms with Crippen LogP contribution in [0.4, 0.5) is 10.1 Å². The molecule has 96 valence electrons. The number of fused-ring (bicyclic) bond motifs is 2. The van der Waals surface area contributed by atoms with E-state index >= 15 is 0 Å². The minimum Gasteiger partial charge on any atom is -0.317 e. The van der Waals surface area contributed by atoms with Gasteiger partial charge in [0.1, 0.15) is 6.67 Å². The fourth-order valence-corrected chi connectivity index (χ4v) is 3.24. The van der Waals surface area contributed by atoms with Gasteiger partial charge in [-0.2, -0.15) is 0 Å². The molecule has 0 radical (unpaired) electrons. The molecule has 1 spiro atoms. The average Bonchev–Trinajstić information content (AvgIpc) is 2.64. The number of benzene rings is 1. The van der Waals surface area contributed by atoms with Crippen LogP contribution >= 0.6 is 0 Å². The van der Waals surface area contributed by atoms with Crippen LogP contribution in [0.3, 0.4) is 0 Å². The van der Waals surface area contributed by atoms with Gasteiger partial charge in [0.25, 0.3) is 0 Å². The zero-order valence-corrected chi connectivity index (χ0v) is 10.3. The summed E-state index contributed by atoms with van der Waals surface area (Å²) < 4.78 is 12.7. The van der Waals surface area contributed by atoms with Crippen LogP contribution in [-0.4, -0.2) is 32.2 Å². The summed E-state index contributed by atoms with van der Waals surface area (Å²) >= 11 is 0. The van der Waals surface area contributed by atoms with E-state index in [-0.39, 0.29) is 12.5 Å². The molecule has 0 bridgehead atoms. The summed E-state index contributed by atoms with van der Waals surface area (Å²) in [5.74, 6) is 0.0860. The number of nitrogens with one attached hydrogen (secondary N) is 1. The number of nitrogens with zero attached hydrogens (tertiary/aromatic N) is 1. The van der Waals surface area contributed by atoms with Gasteiger partial charge in [-0.1, -0.05) is 18.2 Å². The number of piperidine rings is 1. The van der Waals surface area contributed by atoms with Gasteiger partial charge >= 0.3 is 0 Å². The molecule has 0 unspecified atom stereocenters. The Hall–Kier alpha value is -1.42. The maximum atomic E-state index is 12.7. The van der Waals surface area contributed by atoms with Crippen molar-refractivity contribution < 1.29 is 9.18 Å². The first kappa shape index (κ1) is 11.7. The molecule has 0 aliphatic carbocycles. The van der Waals surface area contributed by atoms with Crippen molar-refractivity contribution in [3.05, 3.63) is 29.8 Å². The predicted octanol–water partition coefficient (Wildman–Crippen LogP) is 1.62. The number of hydrogen-bond donors (Lipinski definition) is 1. The van der Waals surface area contributed by atoms with Gasteiger partial charge in [-0.05, 0) is 37.6 Å². The van der Waals surface area contributed by atoms with Gasteiger partial charge in [-0.25, -0.2) is 4.39 Å². The van der Waals surface area contributed by atoms with E-state index in [1.165, 1.54) is 0 Å². The van der Waals surface area contributed by atoms with Gasteiger partial charge in [0.15, 0.2) is 0 Å². The quantitative estimate of drug-likeness (QED) is 0.862. The van der Waals surface area contributed by atoms with E-state index in [4.69, 9.17) is 0 Å². The fraction of sp³-hybridized carbons (Fsp3) is 0.500. The van der Waals surface area contributed by atoms with E-state index in [0.29, 0.717) is 0 Å². The largest absolute Gasteiger partial charge is 0.317 e. The molecule has 3 rings (SSSR count). The Labute approximate surface area is 106 Å². The minimum atomic E-state index is -0.492. The van der Waals surface area contributed by atoms with Gasteiger partial charge in [0.2, 0.25) is 5.91 Å². The smallest absolute Gasteiger partial charge is 0.237 e. The Morgan fingerprint density at radius 3 is 2.72 bits per heavy atom. The average molecular weight is 248 g/mol. The third kappa shape index (κ3) is 1.48. The Kier molecular flexibility index (Phi) is 2.82. The lowest BCUT2D eigenvalue weighted by Gasteiger charge is -2.32. The Morgan fingerprint density at radius 1 is 1.28 bits per heavy atom. The van der Waals surface area contributed by atoms with Gasteiger partial charge in [-0.15, -0.1) is 0 Å². The van der Waals surface area contributed by atoms with Crippen molar-refractivity contribution in [2.24, 2.45) is 0 Å². The molecule has 18 heavy (non-hydrogen) atoms. The summed E-state index contributed by atoms with van der Waals surface area (Å²) in [5, 5.41) is 3.29. The second-order valence-corrected chi connectivity index (χ2v) is 5.00. The molecular formula is C14H17FN2O. The van der Waals surface area contributed by atoms with Crippen LogP contribution in [0.25, 0.3) is 0 Å². The van der Waals surface area contributed by atoms with Crippen molar-refractivity contribution in [2.75, 3.05) is 31.2 Å². The number of halogens is 1. The van der Waals surface area contributed by atoms with Crippen molar-refractivity contribution >= 4 is 11.6 Å². The fourth-order valence-electron chi connectivity index (χ4n) is 3.24. The molecule has 0 aromatic heterocycles. The predicted molar refractivity (Wildman–Crippen MR) is 68.6 cm³/mol. The molecule has 3 nitrogen and oxygen atoms in total. The van der Waals surface area contributed by atoms with E-state index in [1.807, 2.05) is 24.3 Å². The first-order valence-electron chi connectivity index (χ1n) is 6.48. The molecule has 1 amide bonds. The zero-order valence-electron chi connectivity index (χ0n) is 10.3. The highest BCUT2D eigenvalue weighted by Gasteiger charge is 2.50. The summed E-state index contributed by atoms with van der Waals surface area (Å²) in [7, 11) is 0. The number of para-hydroxylation sites is 1. The summed E-state index contributed by atoms with van der Waals surface area (Å²) in [6.45, 7) is 1.38. The van der Waals surface area contributed by atoms with Gasteiger partial charge < -0.3 is 10.2 Å². The van der Waals surface area contributed by atoms with Gasteiger partial charge in [0, 0.05) is 5.69 Å². The maximum absolute atomic E-state index is 12.7. The highest BCUT2D eigenvalue weighted by molar-refractivity contribution is 6.08. The first-order valence-corrected chi connectivity index (χ1v) is 6.48. The number of carbonyl (C=O) groups is 1. The number of anilines is 1. The second-order valence-electron chi connectivity index (χ2n) is 5.00. The third-order valence-electron chi connectivity index (χ3n) is 4.13. The molecule has 2 aliphatic heterocycles. The molecule has 1 N–H and O–H groups in total. The van der Waals surface area contributed by atoms with Crippen molar-refractivity contribution in [3.8, 4) is 0 Å². The van der Waals surface area contributed by atoms with Crippen molar-refractivity contribution in [3.63, 3.8) is 0 Å². The van der Waals surface area contributed by atoms with Crippen molar-refractivity contribution in [2.45, 2.75) is 18.3 Å². The standard InChI is InChI=1S/C14H17FN2O/c15-7-10-17-12-4-2-1-3-11(12)14(13(17)18)5-8-16-9-6-14/h1-4,16H,5-10H2. The van der Waals surface area contributed by atoms with Gasteiger partial charge in [-0.3, -0.25) is 4.79 Å². The summed E-state index contributed by atoms with van der Waals surface area (Å²) in [6, 6.07) is 7.84. The molecule has 0 atom stereocenters. The number of amides is 1. The number of rotatable bonds is 2. The summed E-state index contributed by atoms with van der Waals surface area (Å²) in [5.41, 5.74) is 1.59. The van der Waals surface area contributed by atoms with Crippen LogP contribution in [-0.2, 0) is 10.2 Å². The molecule has 1 fully saturated rings. The van der Waals surface area contributed by atoms with Gasteiger partial charge in [0.05, 0.1) is 12.0 Å². The molecule has 4 heteroatoms. The van der Waals surface area contributed by atoms with Crippen LogP contribution in [0.5, 0.6) is 0 Å². The lowest BCUT2D eigenvalue weighted by molar-refractivity contribution is -0.124. The van der Waals surface area contributed by atoms with E-state index < -0.39 is 12.1 Å². The van der Waals surface area contributed by atoms with E-state index in [0.717, 1.165) is 37.2 Å². The summed E-state index contributed by atoms with van der Waals surface area (Å²) in [4.78, 5) is 14.3. The van der Waals surface area contributed by atoms with Crippen LogP contribution in [0, 0.1) is 0 Å². The lowest BCUT2D eigenvalue weighted by Crippen LogP contribution is -2.47. The lowest BCUT2D eigenvalue weighted by atomic mass is 9.74. The molecule has 2 aliphatic rings. The molecule has 0 saturated carbocycles. The molecule has 1 saturated heterocycles. The molecular weight excluding hydrogens is 231 g/mol. The van der Waals surface area contributed by atoms with E-state index in [1.54, 1.807) is 4.90 Å². The molecule has 1 aromatic carbocycles. The SMILES string of the molecule is O=C1N(CCF)c2ccccc2C12CCNCC2. The van der Waals surface area contributed by atoms with Crippen LogP contribution < -0.4 is 10.2 Å². The molecule has 1 aromatic rings. The third-order valence-corrected chi connectivity index (χ3v) is 4.13. The summed E-state index contributed by atoms with van der Waals surface area (Å²) in [6.07, 6.45) is 1.62. The number of alkyl halides is 1. The number of carbonyl (C=O) groups excluding carboxylic acids is 1. The maximum Gasteiger partial charge on any atom is 0.237 e. The van der Waals surface area contributed by atoms with Crippen LogP contribution in [0.2, 0.25) is 0 Å². The highest BCUT2D eigenvalue weighted by Crippen LogP contribution is 2.46. The van der Waals surface area contributed by atoms with E-state index in [2.05, 4.69) is 5.32 Å².